The lowest BCUT2D eigenvalue weighted by molar-refractivity contribution is -0.111. The SMILES string of the molecule is CC(=O)C(=C(C)N)c1cnc2c(c1)CCC([C@@H](C)c1ccccn1)C=C2I. The van der Waals surface area contributed by atoms with Gasteiger partial charge in [-0.05, 0) is 79.0 Å². The molecular weight excluding hydrogens is 449 g/mol. The zero-order valence-corrected chi connectivity index (χ0v) is 18.0. The monoisotopic (exact) mass is 473 g/mol. The van der Waals surface area contributed by atoms with E-state index in [0.29, 0.717) is 23.1 Å². The highest BCUT2D eigenvalue weighted by atomic mass is 127. The Morgan fingerprint density at radius 3 is 2.70 bits per heavy atom. The molecule has 0 saturated carbocycles. The van der Waals surface area contributed by atoms with Gasteiger partial charge in [-0.1, -0.05) is 19.1 Å². The number of nitrogens with zero attached hydrogens (tertiary/aromatic N) is 2. The molecule has 2 heterocycles. The molecule has 0 saturated heterocycles. The van der Waals surface area contributed by atoms with Gasteiger partial charge in [0, 0.05) is 44.4 Å². The fourth-order valence-corrected chi connectivity index (χ4v) is 4.64. The summed E-state index contributed by atoms with van der Waals surface area (Å²) in [5, 5.41) is 0. The third-order valence-electron chi connectivity index (χ3n) is 5.13. The van der Waals surface area contributed by atoms with Crippen molar-refractivity contribution < 1.29 is 4.79 Å². The van der Waals surface area contributed by atoms with E-state index in [9.17, 15) is 4.79 Å². The summed E-state index contributed by atoms with van der Waals surface area (Å²) in [6, 6.07) is 8.16. The first-order valence-electron chi connectivity index (χ1n) is 9.13. The van der Waals surface area contributed by atoms with E-state index in [2.05, 4.69) is 57.7 Å². The number of aryl methyl sites for hydroxylation is 1. The van der Waals surface area contributed by atoms with Crippen LogP contribution in [-0.2, 0) is 11.2 Å². The summed E-state index contributed by atoms with van der Waals surface area (Å²) in [6.45, 7) is 5.54. The molecule has 3 rings (SSSR count). The number of allylic oxidation sites excluding steroid dienone is 3. The van der Waals surface area contributed by atoms with Gasteiger partial charge in [0.05, 0.1) is 5.69 Å². The van der Waals surface area contributed by atoms with Crippen LogP contribution in [0.1, 0.15) is 55.6 Å². The average Bonchev–Trinajstić information content (AvgIpc) is 2.80. The molecule has 0 aromatic carbocycles. The zero-order valence-electron chi connectivity index (χ0n) is 15.9. The first kappa shape index (κ1) is 19.7. The van der Waals surface area contributed by atoms with E-state index < -0.39 is 0 Å². The van der Waals surface area contributed by atoms with Crippen molar-refractivity contribution in [3.63, 3.8) is 0 Å². The summed E-state index contributed by atoms with van der Waals surface area (Å²) in [4.78, 5) is 21.2. The first-order valence-corrected chi connectivity index (χ1v) is 10.2. The topological polar surface area (TPSA) is 68.9 Å². The molecule has 0 aliphatic heterocycles. The number of carbonyl (C=O) groups is 1. The van der Waals surface area contributed by atoms with E-state index in [1.807, 2.05) is 18.3 Å². The van der Waals surface area contributed by atoms with Crippen LogP contribution in [-0.4, -0.2) is 15.8 Å². The number of carbonyl (C=O) groups excluding carboxylic acids is 1. The number of hydrogen-bond acceptors (Lipinski definition) is 4. The molecule has 27 heavy (non-hydrogen) atoms. The Balaban J connectivity index is 1.93. The van der Waals surface area contributed by atoms with Gasteiger partial charge in [0.1, 0.15) is 0 Å². The van der Waals surface area contributed by atoms with Crippen molar-refractivity contribution in [2.24, 2.45) is 11.7 Å². The van der Waals surface area contributed by atoms with Crippen molar-refractivity contribution in [1.29, 1.82) is 0 Å². The quantitative estimate of drug-likeness (QED) is 0.507. The predicted octanol–water partition coefficient (Wildman–Crippen LogP) is 4.90. The van der Waals surface area contributed by atoms with Crippen LogP contribution in [0.2, 0.25) is 0 Å². The van der Waals surface area contributed by atoms with Crippen LogP contribution >= 0.6 is 22.6 Å². The molecule has 1 aliphatic carbocycles. The van der Waals surface area contributed by atoms with E-state index >= 15 is 0 Å². The Hall–Kier alpha value is -2.02. The second-order valence-corrected chi connectivity index (χ2v) is 8.27. The standard InChI is InChI=1S/C22H24IN3O/c1-13(20-6-4-5-9-25-20)16-7-8-17-10-18(21(14(2)24)15(3)27)12-26-22(17)19(23)11-16/h4-6,9-13,16H,7-8,24H2,1-3H3/t13-,16?/m1/s1. The van der Waals surface area contributed by atoms with Crippen LogP contribution in [0.5, 0.6) is 0 Å². The van der Waals surface area contributed by atoms with Gasteiger partial charge in [-0.3, -0.25) is 14.8 Å². The minimum atomic E-state index is -0.0303. The van der Waals surface area contributed by atoms with Gasteiger partial charge in [0.2, 0.25) is 0 Å². The maximum absolute atomic E-state index is 12.0. The van der Waals surface area contributed by atoms with Gasteiger partial charge in [-0.2, -0.15) is 0 Å². The highest BCUT2D eigenvalue weighted by Gasteiger charge is 2.24. The van der Waals surface area contributed by atoms with Crippen molar-refractivity contribution in [3.8, 4) is 0 Å². The van der Waals surface area contributed by atoms with Gasteiger partial charge in [0.15, 0.2) is 5.78 Å². The third kappa shape index (κ3) is 4.29. The molecule has 2 atom stereocenters. The van der Waals surface area contributed by atoms with Crippen LogP contribution < -0.4 is 5.73 Å². The van der Waals surface area contributed by atoms with E-state index in [1.165, 1.54) is 5.56 Å². The van der Waals surface area contributed by atoms with E-state index in [-0.39, 0.29) is 5.78 Å². The van der Waals surface area contributed by atoms with Crippen molar-refractivity contribution in [2.75, 3.05) is 0 Å². The maximum Gasteiger partial charge on any atom is 0.162 e. The highest BCUT2D eigenvalue weighted by molar-refractivity contribution is 14.1. The van der Waals surface area contributed by atoms with E-state index in [4.69, 9.17) is 5.73 Å². The second-order valence-electron chi connectivity index (χ2n) is 7.11. The normalized spacial score (nSPS) is 18.7. The summed E-state index contributed by atoms with van der Waals surface area (Å²) < 4.78 is 1.15. The van der Waals surface area contributed by atoms with Crippen LogP contribution in [0.15, 0.2) is 48.4 Å². The number of halogens is 1. The number of fused-ring (bicyclic) bond motifs is 1. The lowest BCUT2D eigenvalue weighted by atomic mass is 9.87. The fourth-order valence-electron chi connectivity index (χ4n) is 3.69. The minimum absolute atomic E-state index is 0.0303. The Morgan fingerprint density at radius 2 is 2.07 bits per heavy atom. The van der Waals surface area contributed by atoms with Crippen molar-refractivity contribution in [3.05, 3.63) is 70.9 Å². The number of ketones is 1. The van der Waals surface area contributed by atoms with Crippen molar-refractivity contribution in [1.82, 2.24) is 9.97 Å². The largest absolute Gasteiger partial charge is 0.402 e. The van der Waals surface area contributed by atoms with Crippen LogP contribution in [0.3, 0.4) is 0 Å². The van der Waals surface area contributed by atoms with Crippen LogP contribution in [0, 0.1) is 5.92 Å². The highest BCUT2D eigenvalue weighted by Crippen LogP contribution is 2.37. The molecule has 0 fully saturated rings. The molecule has 5 heteroatoms. The smallest absolute Gasteiger partial charge is 0.162 e. The lowest BCUT2D eigenvalue weighted by Crippen LogP contribution is -2.10. The van der Waals surface area contributed by atoms with Gasteiger partial charge in [-0.25, -0.2) is 0 Å². The molecular formula is C22H24IN3O. The predicted molar refractivity (Wildman–Crippen MR) is 118 cm³/mol. The summed E-state index contributed by atoms with van der Waals surface area (Å²) >= 11 is 2.37. The van der Waals surface area contributed by atoms with Gasteiger partial charge >= 0.3 is 0 Å². The number of nitrogens with two attached hydrogens (primary N) is 1. The van der Waals surface area contributed by atoms with Crippen molar-refractivity contribution >= 4 is 37.5 Å². The van der Waals surface area contributed by atoms with E-state index in [1.54, 1.807) is 20.0 Å². The van der Waals surface area contributed by atoms with E-state index in [0.717, 1.165) is 33.4 Å². The maximum atomic E-state index is 12.0. The molecule has 1 unspecified atom stereocenters. The molecule has 2 aromatic rings. The number of rotatable bonds is 4. The molecule has 0 amide bonds. The van der Waals surface area contributed by atoms with Gasteiger partial charge < -0.3 is 5.73 Å². The molecule has 4 nitrogen and oxygen atoms in total. The summed E-state index contributed by atoms with van der Waals surface area (Å²) in [5.74, 6) is 0.699. The summed E-state index contributed by atoms with van der Waals surface area (Å²) in [7, 11) is 0. The fraction of sp³-hybridized carbons (Fsp3) is 0.318. The van der Waals surface area contributed by atoms with Crippen molar-refractivity contribution in [2.45, 2.75) is 39.5 Å². The average molecular weight is 473 g/mol. The summed E-state index contributed by atoms with van der Waals surface area (Å²) in [5.41, 5.74) is 11.1. The number of hydrogen-bond donors (Lipinski definition) is 1. The molecule has 2 N–H and O–H groups in total. The molecule has 2 aromatic heterocycles. The lowest BCUT2D eigenvalue weighted by Gasteiger charge is -2.19. The third-order valence-corrected chi connectivity index (χ3v) is 6.00. The minimum Gasteiger partial charge on any atom is -0.402 e. The zero-order chi connectivity index (χ0) is 19.6. The van der Waals surface area contributed by atoms with Crippen LogP contribution in [0.4, 0.5) is 0 Å². The molecule has 140 valence electrons. The number of pyridine rings is 2. The number of Topliss-reactive ketones (excluding diaryl/α,β-unsaturated/α-hetero) is 1. The Bertz CT molecular complexity index is 914. The number of aromatic nitrogens is 2. The Morgan fingerprint density at radius 1 is 1.30 bits per heavy atom. The molecule has 0 radical (unpaired) electrons. The molecule has 0 spiro atoms. The summed E-state index contributed by atoms with van der Waals surface area (Å²) in [6.07, 6.45) is 7.86. The molecule has 0 bridgehead atoms. The van der Waals surface area contributed by atoms with Crippen LogP contribution in [0.25, 0.3) is 9.15 Å². The Kier molecular flexibility index (Phi) is 6.09. The second kappa shape index (κ2) is 8.33. The Labute approximate surface area is 174 Å². The van der Waals surface area contributed by atoms with Gasteiger partial charge in [0.25, 0.3) is 0 Å². The molecule has 1 aliphatic rings. The first-order chi connectivity index (χ1) is 12.9. The van der Waals surface area contributed by atoms with Gasteiger partial charge in [-0.15, -0.1) is 0 Å².